The lowest BCUT2D eigenvalue weighted by Gasteiger charge is -2.37. The summed E-state index contributed by atoms with van der Waals surface area (Å²) in [4.78, 5) is 32.3. The highest BCUT2D eigenvalue weighted by Gasteiger charge is 2.52. The van der Waals surface area contributed by atoms with E-state index < -0.39 is 11.5 Å². The fourth-order valence-electron chi connectivity index (χ4n) is 7.76. The Kier molecular flexibility index (Phi) is 11.9. The number of rotatable bonds is 14. The Hall–Kier alpha value is -4.30. The number of nitrogens with one attached hydrogen (secondary N) is 2. The van der Waals surface area contributed by atoms with E-state index in [1.807, 2.05) is 38.1 Å². The Morgan fingerprint density at radius 3 is 2.47 bits per heavy atom. The molecule has 0 radical (unpaired) electrons. The maximum absolute atomic E-state index is 13.8. The molecule has 2 N–H and O–H groups in total. The summed E-state index contributed by atoms with van der Waals surface area (Å²) in [5.41, 5.74) is 6.10. The molecule has 2 aliphatic carbocycles. The quantitative estimate of drug-likeness (QED) is 0.268. The Bertz CT molecular complexity index is 1630. The molecule has 2 aliphatic rings. The summed E-state index contributed by atoms with van der Waals surface area (Å²) in [6, 6.07) is 7.73. The summed E-state index contributed by atoms with van der Waals surface area (Å²) in [7, 11) is 7.49. The van der Waals surface area contributed by atoms with Crippen molar-refractivity contribution in [2.75, 3.05) is 34.7 Å². The van der Waals surface area contributed by atoms with Crippen molar-refractivity contribution < 1.29 is 9.59 Å². The Balaban J connectivity index is 1.82. The Morgan fingerprint density at radius 1 is 1.20 bits per heavy atom. The number of allylic oxidation sites excluding steroid dienone is 4. The molecule has 1 saturated carbocycles. The van der Waals surface area contributed by atoms with Crippen molar-refractivity contribution in [1.82, 2.24) is 40.6 Å². The number of carbonyl (C=O) groups is 2. The fraction of sp³-hybridized carbons (Fsp3) is 0.579. The lowest BCUT2D eigenvalue weighted by molar-refractivity contribution is -0.132. The van der Waals surface area contributed by atoms with Crippen molar-refractivity contribution in [2.24, 2.45) is 11.8 Å². The molecule has 11 heteroatoms. The molecule has 1 aromatic heterocycles. The molecule has 49 heavy (non-hydrogen) atoms. The van der Waals surface area contributed by atoms with Crippen LogP contribution in [0, 0.1) is 23.2 Å². The molecule has 264 valence electrons. The van der Waals surface area contributed by atoms with Gasteiger partial charge in [-0.05, 0) is 92.7 Å². The Morgan fingerprint density at radius 2 is 1.92 bits per heavy atom. The third-order valence-electron chi connectivity index (χ3n) is 10.9. The summed E-state index contributed by atoms with van der Waals surface area (Å²) in [6.07, 6.45) is 5.95. The van der Waals surface area contributed by atoms with Crippen molar-refractivity contribution in [3.8, 4) is 6.07 Å². The normalized spacial score (nSPS) is 23.1. The molecular weight excluding hydrogens is 614 g/mol. The van der Waals surface area contributed by atoms with Crippen LogP contribution in [0.3, 0.4) is 0 Å². The monoisotopic (exact) mass is 669 g/mol. The number of nitrogens with zero attached hydrogens (tertiary/aromatic N) is 7. The highest BCUT2D eigenvalue weighted by molar-refractivity contribution is 5.94. The van der Waals surface area contributed by atoms with Gasteiger partial charge in [0.25, 0.3) is 5.91 Å². The van der Waals surface area contributed by atoms with E-state index in [4.69, 9.17) is 0 Å². The van der Waals surface area contributed by atoms with Crippen LogP contribution in [-0.2, 0) is 16.6 Å². The lowest BCUT2D eigenvalue weighted by atomic mass is 9.67. The van der Waals surface area contributed by atoms with Gasteiger partial charge < -0.3 is 20.0 Å². The number of fused-ring (bicyclic) bond motifs is 1. The minimum atomic E-state index is -0.821. The van der Waals surface area contributed by atoms with E-state index in [0.717, 1.165) is 59.2 Å². The number of H-pyrrole nitrogens is 1. The van der Waals surface area contributed by atoms with Crippen LogP contribution < -0.4 is 5.32 Å². The van der Waals surface area contributed by atoms with Gasteiger partial charge in [0.2, 0.25) is 5.91 Å². The van der Waals surface area contributed by atoms with Crippen LogP contribution in [0.5, 0.6) is 0 Å². The van der Waals surface area contributed by atoms with Crippen LogP contribution in [-0.4, -0.2) is 100.0 Å². The molecule has 2 aromatic rings. The first kappa shape index (κ1) is 37.5. The summed E-state index contributed by atoms with van der Waals surface area (Å²) in [6.45, 7) is 16.9. The smallest absolute Gasteiger partial charge is 0.253 e. The number of benzene rings is 1. The van der Waals surface area contributed by atoms with Gasteiger partial charge in [-0.15, -0.1) is 10.2 Å². The van der Waals surface area contributed by atoms with Gasteiger partial charge in [-0.2, -0.15) is 10.5 Å². The van der Waals surface area contributed by atoms with Gasteiger partial charge in [-0.25, -0.2) is 0 Å². The van der Waals surface area contributed by atoms with Crippen molar-refractivity contribution >= 4 is 11.8 Å². The van der Waals surface area contributed by atoms with Gasteiger partial charge in [0.1, 0.15) is 6.04 Å². The number of likely N-dealkylation sites (N-methyl/N-ethyl adjacent to an activating group) is 1. The highest BCUT2D eigenvalue weighted by Crippen LogP contribution is 2.48. The molecule has 0 bridgehead atoms. The van der Waals surface area contributed by atoms with Crippen molar-refractivity contribution in [1.29, 1.82) is 5.26 Å². The predicted molar refractivity (Wildman–Crippen MR) is 192 cm³/mol. The SMILES string of the molecule is C=C(/C(C)=C/C1=C(C)C(C[C@@H](CC)NCC(=O)N(C(C)C#N)C2C(C)C2CC)(c2nn[nH]n2)c2ccc(C(=O)N(C)C)cc2CC1)N(C)C. The van der Waals surface area contributed by atoms with E-state index >= 15 is 0 Å². The molecule has 1 aromatic carbocycles. The number of carbonyl (C=O) groups excluding carboxylic acids is 2. The molecule has 4 rings (SSSR count). The maximum atomic E-state index is 13.8. The number of aryl methyl sites for hydroxylation is 1. The minimum absolute atomic E-state index is 0.0572. The second-order valence-electron chi connectivity index (χ2n) is 14.2. The van der Waals surface area contributed by atoms with E-state index in [9.17, 15) is 14.9 Å². The Labute approximate surface area is 292 Å². The number of amides is 2. The average molecular weight is 670 g/mol. The van der Waals surface area contributed by atoms with Crippen LogP contribution in [0.1, 0.15) is 94.5 Å². The zero-order chi connectivity index (χ0) is 36.2. The van der Waals surface area contributed by atoms with Gasteiger partial charge in [-0.3, -0.25) is 9.59 Å². The molecule has 11 nitrogen and oxygen atoms in total. The largest absolute Gasteiger partial charge is 0.378 e. The highest BCUT2D eigenvalue weighted by atomic mass is 16.2. The molecule has 0 aliphatic heterocycles. The zero-order valence-electron chi connectivity index (χ0n) is 31.1. The molecule has 0 spiro atoms. The first-order chi connectivity index (χ1) is 23.2. The molecule has 2 amide bonds. The average Bonchev–Trinajstić information content (AvgIpc) is 3.44. The van der Waals surface area contributed by atoms with Crippen molar-refractivity contribution in [3.63, 3.8) is 0 Å². The van der Waals surface area contributed by atoms with Gasteiger partial charge >= 0.3 is 0 Å². The summed E-state index contributed by atoms with van der Waals surface area (Å²) in [5, 5.41) is 29.4. The van der Waals surface area contributed by atoms with E-state index in [1.54, 1.807) is 23.9 Å². The third kappa shape index (κ3) is 7.49. The summed E-state index contributed by atoms with van der Waals surface area (Å²) < 4.78 is 0. The molecule has 1 fully saturated rings. The number of tetrazole rings is 1. The maximum Gasteiger partial charge on any atom is 0.253 e. The molecule has 1 heterocycles. The van der Waals surface area contributed by atoms with Crippen molar-refractivity contribution in [3.05, 3.63) is 75.8 Å². The van der Waals surface area contributed by atoms with E-state index in [0.29, 0.717) is 29.6 Å². The third-order valence-corrected chi connectivity index (χ3v) is 10.9. The van der Waals surface area contributed by atoms with Gasteiger partial charge in [-0.1, -0.05) is 56.7 Å². The number of hydrogen-bond donors (Lipinski definition) is 2. The molecule has 5 unspecified atom stereocenters. The molecule has 6 atom stereocenters. The van der Waals surface area contributed by atoms with Crippen molar-refractivity contribution in [2.45, 2.75) is 97.2 Å². The van der Waals surface area contributed by atoms with Crippen LogP contribution in [0.15, 0.2) is 53.3 Å². The number of aromatic amines is 1. The number of nitriles is 1. The molecular formula is C38H55N9O2. The molecule has 0 saturated heterocycles. The summed E-state index contributed by atoms with van der Waals surface area (Å²) in [5.74, 6) is 1.22. The fourth-order valence-corrected chi connectivity index (χ4v) is 7.76. The number of hydrogen-bond acceptors (Lipinski definition) is 8. The van der Waals surface area contributed by atoms with Crippen LogP contribution >= 0.6 is 0 Å². The van der Waals surface area contributed by atoms with Crippen LogP contribution in [0.25, 0.3) is 0 Å². The minimum Gasteiger partial charge on any atom is -0.378 e. The van der Waals surface area contributed by atoms with Gasteiger partial charge in [0, 0.05) is 51.5 Å². The standard InChI is InChI=1S/C38H55N9O2/c1-12-31(40-22-34(48)47(24(4)21-39)35-25(5)32(35)13-2)20-38(37-41-43-44-42-37)26(6)28(18-23(3)27(7)45(8)9)14-15-29-19-30(16-17-33(29)38)36(49)46(10)11/h16-19,24-25,31-32,35,40H,7,12-15,20,22H2,1-6,8-11H3,(H,41,42,43,44)/b23-18+/t24?,25?,31-,32?,35?,38?/m1/s1. The first-order valence-corrected chi connectivity index (χ1v) is 17.5. The summed E-state index contributed by atoms with van der Waals surface area (Å²) >= 11 is 0. The second-order valence-corrected chi connectivity index (χ2v) is 14.2. The van der Waals surface area contributed by atoms with E-state index in [-0.39, 0.29) is 30.4 Å². The predicted octanol–water partition coefficient (Wildman–Crippen LogP) is 5.02. The second kappa shape index (κ2) is 15.5. The van der Waals surface area contributed by atoms with Crippen LogP contribution in [0.4, 0.5) is 0 Å². The van der Waals surface area contributed by atoms with Gasteiger partial charge in [0.05, 0.1) is 18.0 Å². The topological polar surface area (TPSA) is 134 Å². The van der Waals surface area contributed by atoms with E-state index in [1.165, 1.54) is 0 Å². The van der Waals surface area contributed by atoms with Crippen LogP contribution in [0.2, 0.25) is 0 Å². The van der Waals surface area contributed by atoms with Gasteiger partial charge in [0.15, 0.2) is 5.82 Å². The first-order valence-electron chi connectivity index (χ1n) is 17.5. The number of aromatic nitrogens is 4. The van der Waals surface area contributed by atoms with E-state index in [2.05, 4.69) is 85.4 Å². The zero-order valence-corrected chi connectivity index (χ0v) is 31.1. The lowest BCUT2D eigenvalue weighted by Crippen LogP contribution is -2.48.